The Balaban J connectivity index is 0.00000900. The van der Waals surface area contributed by atoms with Crippen molar-refractivity contribution >= 4 is 46.0 Å². The molecule has 0 saturated heterocycles. The van der Waals surface area contributed by atoms with Gasteiger partial charge in [-0.15, -0.1) is 17.0 Å². The number of halogens is 1. The molecule has 1 aromatic rings. The highest BCUT2D eigenvalue weighted by Gasteiger charge is 2.23. The number of anilines is 1. The van der Waals surface area contributed by atoms with Crippen molar-refractivity contribution in [3.8, 4) is 0 Å². The van der Waals surface area contributed by atoms with Gasteiger partial charge in [-0.05, 0) is 43.5 Å². The van der Waals surface area contributed by atoms with Crippen LogP contribution in [0, 0.1) is 19.3 Å². The van der Waals surface area contributed by atoms with Gasteiger partial charge in [-0.3, -0.25) is 14.4 Å². The van der Waals surface area contributed by atoms with E-state index in [-0.39, 0.29) is 54.0 Å². The number of likely N-dealkylation sites (N-methyl/N-ethyl adjacent to an activating group) is 1. The zero-order valence-corrected chi connectivity index (χ0v) is 21.8. The van der Waals surface area contributed by atoms with Gasteiger partial charge in [0.05, 0.1) is 21.1 Å². The first kappa shape index (κ1) is 28.9. The third kappa shape index (κ3) is 11.8. The van der Waals surface area contributed by atoms with Gasteiger partial charge in [0.1, 0.15) is 5.78 Å². The normalized spacial score (nSPS) is 12.1. The zero-order chi connectivity index (χ0) is 23.1. The third-order valence-corrected chi connectivity index (χ3v) is 4.59. The minimum absolute atomic E-state index is 0. The molecule has 0 saturated carbocycles. The second kappa shape index (κ2) is 12.1. The standard InChI is InChI=1S/C23H36N4O3.BrH/c1-16-9-10-18(13-17(16)2)24-21(29)12-11-19(14-20(28)23(3,4)5)25-26-22(30)15-27(6,7)8;/h9-10,13H,11-12,14-15H2,1-8H3,(H-,24,26,29,30);1H/p+1/b25-19-;. The highest BCUT2D eigenvalue weighted by atomic mass is 79.9. The van der Waals surface area contributed by atoms with Gasteiger partial charge in [-0.1, -0.05) is 26.8 Å². The second-order valence-corrected chi connectivity index (χ2v) is 9.86. The molecule has 0 fully saturated rings. The van der Waals surface area contributed by atoms with Crippen molar-refractivity contribution in [1.29, 1.82) is 0 Å². The summed E-state index contributed by atoms with van der Waals surface area (Å²) in [4.78, 5) is 36.9. The molecular weight excluding hydrogens is 460 g/mol. The Bertz CT molecular complexity index is 821. The Labute approximate surface area is 197 Å². The number of carbonyl (C=O) groups is 3. The van der Waals surface area contributed by atoms with E-state index in [1.165, 1.54) is 0 Å². The van der Waals surface area contributed by atoms with Crippen molar-refractivity contribution in [3.05, 3.63) is 29.3 Å². The average Bonchev–Trinajstić information content (AvgIpc) is 2.58. The predicted octanol–water partition coefficient (Wildman–Crippen LogP) is 3.78. The fraction of sp³-hybridized carbons (Fsp3) is 0.565. The number of hydrazone groups is 1. The van der Waals surface area contributed by atoms with Gasteiger partial charge in [0.15, 0.2) is 6.54 Å². The number of quaternary nitrogens is 1. The number of Topliss-reactive ketones (excluding diaryl/α,β-unsaturated/α-hetero) is 1. The van der Waals surface area contributed by atoms with Crippen LogP contribution in [0.1, 0.15) is 51.2 Å². The molecule has 0 unspecified atom stereocenters. The Morgan fingerprint density at radius 2 is 1.58 bits per heavy atom. The van der Waals surface area contributed by atoms with E-state index in [0.717, 1.165) is 16.8 Å². The molecular formula is C23H38BrN4O3+. The summed E-state index contributed by atoms with van der Waals surface area (Å²) < 4.78 is 0.468. The SMILES string of the molecule is Br.Cc1ccc(NC(=O)CC/C(CC(=O)C(C)(C)C)=N/NC(=O)C[N+](C)(C)C)cc1C. The highest BCUT2D eigenvalue weighted by molar-refractivity contribution is 8.93. The monoisotopic (exact) mass is 497 g/mol. The Kier molecular flexibility index (Phi) is 11.3. The molecule has 0 aliphatic rings. The van der Waals surface area contributed by atoms with E-state index in [2.05, 4.69) is 15.8 Å². The van der Waals surface area contributed by atoms with Crippen molar-refractivity contribution < 1.29 is 18.9 Å². The topological polar surface area (TPSA) is 87.6 Å². The molecule has 0 atom stereocenters. The first-order chi connectivity index (χ1) is 13.7. The number of hydrogen-bond donors (Lipinski definition) is 2. The minimum atomic E-state index is -0.519. The minimum Gasteiger partial charge on any atom is -0.326 e. The smallest absolute Gasteiger partial charge is 0.295 e. The number of benzene rings is 1. The van der Waals surface area contributed by atoms with Crippen LogP contribution in [0.25, 0.3) is 0 Å². The largest absolute Gasteiger partial charge is 0.326 e. The van der Waals surface area contributed by atoms with Crippen molar-refractivity contribution in [2.75, 3.05) is 33.0 Å². The van der Waals surface area contributed by atoms with Gasteiger partial charge < -0.3 is 9.80 Å². The molecule has 0 spiro atoms. The van der Waals surface area contributed by atoms with Crippen molar-refractivity contribution in [1.82, 2.24) is 5.43 Å². The fourth-order valence-corrected chi connectivity index (χ4v) is 2.54. The van der Waals surface area contributed by atoms with Crippen LogP contribution in [-0.2, 0) is 14.4 Å². The van der Waals surface area contributed by atoms with E-state index >= 15 is 0 Å². The summed E-state index contributed by atoms with van der Waals surface area (Å²) in [6.07, 6.45) is 0.572. The molecule has 0 radical (unpaired) electrons. The summed E-state index contributed by atoms with van der Waals surface area (Å²) in [6.45, 7) is 9.80. The van der Waals surface area contributed by atoms with Gasteiger partial charge in [-0.25, -0.2) is 5.43 Å². The summed E-state index contributed by atoms with van der Waals surface area (Å²) in [5, 5.41) is 7.05. The van der Waals surface area contributed by atoms with Crippen LogP contribution in [0.3, 0.4) is 0 Å². The lowest BCUT2D eigenvalue weighted by Gasteiger charge is -2.22. The first-order valence-electron chi connectivity index (χ1n) is 10.2. The van der Waals surface area contributed by atoms with Crippen molar-refractivity contribution in [2.45, 2.75) is 53.9 Å². The highest BCUT2D eigenvalue weighted by Crippen LogP contribution is 2.18. The number of nitrogens with one attached hydrogen (secondary N) is 2. The lowest BCUT2D eigenvalue weighted by atomic mass is 9.87. The maximum absolute atomic E-state index is 12.5. The van der Waals surface area contributed by atoms with Crippen LogP contribution in [0.5, 0.6) is 0 Å². The van der Waals surface area contributed by atoms with Gasteiger partial charge in [0.25, 0.3) is 5.91 Å². The molecule has 31 heavy (non-hydrogen) atoms. The zero-order valence-electron chi connectivity index (χ0n) is 20.1. The molecule has 1 aromatic carbocycles. The molecule has 0 bridgehead atoms. The lowest BCUT2D eigenvalue weighted by molar-refractivity contribution is -0.862. The summed E-state index contributed by atoms with van der Waals surface area (Å²) in [7, 11) is 5.72. The Hall–Kier alpha value is -2.06. The van der Waals surface area contributed by atoms with E-state index in [1.54, 1.807) is 0 Å². The number of ketones is 1. The van der Waals surface area contributed by atoms with Crippen LogP contribution < -0.4 is 10.7 Å². The van der Waals surface area contributed by atoms with Crippen LogP contribution in [-0.4, -0.2) is 55.5 Å². The molecule has 174 valence electrons. The summed E-state index contributed by atoms with van der Waals surface area (Å²) >= 11 is 0. The van der Waals surface area contributed by atoms with E-state index < -0.39 is 5.41 Å². The van der Waals surface area contributed by atoms with E-state index in [4.69, 9.17) is 0 Å². The molecule has 2 N–H and O–H groups in total. The predicted molar refractivity (Wildman–Crippen MR) is 132 cm³/mol. The second-order valence-electron chi connectivity index (χ2n) is 9.86. The lowest BCUT2D eigenvalue weighted by Crippen LogP contribution is -2.43. The van der Waals surface area contributed by atoms with Crippen LogP contribution in [0.2, 0.25) is 0 Å². The fourth-order valence-electron chi connectivity index (χ4n) is 2.54. The molecule has 7 nitrogen and oxygen atoms in total. The van der Waals surface area contributed by atoms with Crippen LogP contribution in [0.15, 0.2) is 23.3 Å². The first-order valence-corrected chi connectivity index (χ1v) is 10.2. The van der Waals surface area contributed by atoms with Gasteiger partial charge in [0.2, 0.25) is 5.91 Å². The van der Waals surface area contributed by atoms with Crippen molar-refractivity contribution in [3.63, 3.8) is 0 Å². The maximum Gasteiger partial charge on any atom is 0.295 e. The third-order valence-electron chi connectivity index (χ3n) is 4.59. The molecule has 8 heteroatoms. The molecule has 1 rings (SSSR count). The summed E-state index contributed by atoms with van der Waals surface area (Å²) in [6, 6.07) is 5.75. The van der Waals surface area contributed by atoms with Crippen molar-refractivity contribution in [2.24, 2.45) is 10.5 Å². The molecule has 0 aromatic heterocycles. The van der Waals surface area contributed by atoms with E-state index in [0.29, 0.717) is 16.6 Å². The maximum atomic E-state index is 12.5. The van der Waals surface area contributed by atoms with Gasteiger partial charge in [-0.2, -0.15) is 5.10 Å². The number of amides is 2. The number of hydrogen-bond acceptors (Lipinski definition) is 4. The molecule has 0 aliphatic carbocycles. The molecule has 0 aliphatic heterocycles. The van der Waals surface area contributed by atoms with E-state index in [9.17, 15) is 14.4 Å². The van der Waals surface area contributed by atoms with E-state index in [1.807, 2.05) is 74.0 Å². The Morgan fingerprint density at radius 1 is 0.968 bits per heavy atom. The quantitative estimate of drug-likeness (QED) is 0.309. The Morgan fingerprint density at radius 3 is 2.10 bits per heavy atom. The van der Waals surface area contributed by atoms with Crippen LogP contribution >= 0.6 is 17.0 Å². The molecule has 2 amide bonds. The number of rotatable bonds is 9. The number of carbonyl (C=O) groups excluding carboxylic acids is 3. The average molecular weight is 498 g/mol. The van der Waals surface area contributed by atoms with Crippen LogP contribution in [0.4, 0.5) is 5.69 Å². The molecule has 0 heterocycles. The number of nitrogens with zero attached hydrogens (tertiary/aromatic N) is 2. The van der Waals surface area contributed by atoms with Gasteiger partial charge >= 0.3 is 0 Å². The summed E-state index contributed by atoms with van der Waals surface area (Å²) in [5.41, 5.74) is 5.52. The summed E-state index contributed by atoms with van der Waals surface area (Å²) in [5.74, 6) is -0.383. The number of aryl methyl sites for hydroxylation is 2. The van der Waals surface area contributed by atoms with Gasteiger partial charge in [0, 0.05) is 29.7 Å².